The number of rotatable bonds is 10. The Balaban J connectivity index is 1.67. The molecule has 0 saturated carbocycles. The van der Waals surface area contributed by atoms with Crippen molar-refractivity contribution in [3.05, 3.63) is 106 Å². The van der Waals surface area contributed by atoms with Gasteiger partial charge in [0.15, 0.2) is 5.96 Å². The Morgan fingerprint density at radius 1 is 0.978 bits per heavy atom. The van der Waals surface area contributed by atoms with Crippen molar-refractivity contribution in [2.75, 3.05) is 19.6 Å². The van der Waals surface area contributed by atoms with E-state index < -0.39 is 32.1 Å². The van der Waals surface area contributed by atoms with Crippen molar-refractivity contribution in [2.24, 2.45) is 11.7 Å². The molecule has 4 aromatic carbocycles. The van der Waals surface area contributed by atoms with Crippen LogP contribution in [0, 0.1) is 21.8 Å². The molecule has 45 heavy (non-hydrogen) atoms. The second kappa shape index (κ2) is 13.8. The summed E-state index contributed by atoms with van der Waals surface area (Å²) < 4.78 is 62.4. The number of fused-ring (bicyclic) bond motifs is 1. The maximum absolute atomic E-state index is 14.7. The van der Waals surface area contributed by atoms with Gasteiger partial charge in [0, 0.05) is 29.1 Å². The summed E-state index contributed by atoms with van der Waals surface area (Å²) in [5.74, 6) is -0.844. The van der Waals surface area contributed by atoms with Crippen LogP contribution in [0.5, 0.6) is 0 Å². The summed E-state index contributed by atoms with van der Waals surface area (Å²) in [5, 5.41) is 9.88. The van der Waals surface area contributed by atoms with Crippen LogP contribution in [0.2, 0.25) is 0 Å². The van der Waals surface area contributed by atoms with E-state index in [-0.39, 0.29) is 28.2 Å². The van der Waals surface area contributed by atoms with Crippen LogP contribution in [0.3, 0.4) is 0 Å². The summed E-state index contributed by atoms with van der Waals surface area (Å²) in [4.78, 5) is 1.87. The molecule has 12 heteroatoms. The number of nitrogens with one attached hydrogen (secondary N) is 2. The lowest BCUT2D eigenvalue weighted by atomic mass is 9.92. The van der Waals surface area contributed by atoms with E-state index in [0.717, 1.165) is 31.9 Å². The van der Waals surface area contributed by atoms with Crippen molar-refractivity contribution < 1.29 is 16.8 Å². The molecule has 1 heterocycles. The SMILES string of the molecule is Cc1ccc(S(=O)(=O)N(C[C@@H]2CCCN(C(=N)N)C2)C(NS(=O)(=O)c2ccc(I)cc2)C(C)c2cccc3ccccc23)cc1. The zero-order chi connectivity index (χ0) is 32.4. The second-order valence-electron chi connectivity index (χ2n) is 11.6. The summed E-state index contributed by atoms with van der Waals surface area (Å²) in [6.45, 7) is 4.80. The Bertz CT molecular complexity index is 1880. The van der Waals surface area contributed by atoms with Gasteiger partial charge in [-0.2, -0.15) is 9.03 Å². The monoisotopic (exact) mass is 759 g/mol. The van der Waals surface area contributed by atoms with Crippen molar-refractivity contribution in [2.45, 2.75) is 48.6 Å². The molecule has 0 amide bonds. The average Bonchev–Trinajstić information content (AvgIpc) is 3.02. The first kappa shape index (κ1) is 33.3. The highest BCUT2D eigenvalue weighted by Gasteiger charge is 2.40. The lowest BCUT2D eigenvalue weighted by Crippen LogP contribution is -2.56. The first-order chi connectivity index (χ1) is 21.4. The van der Waals surface area contributed by atoms with Crippen molar-refractivity contribution in [3.63, 3.8) is 0 Å². The Labute approximate surface area is 279 Å². The van der Waals surface area contributed by atoms with Crippen molar-refractivity contribution >= 4 is 59.4 Å². The molecule has 0 radical (unpaired) electrons. The molecule has 1 saturated heterocycles. The maximum atomic E-state index is 14.7. The van der Waals surface area contributed by atoms with Crippen molar-refractivity contribution in [1.82, 2.24) is 13.9 Å². The fourth-order valence-corrected chi connectivity index (χ4v) is 9.36. The summed E-state index contributed by atoms with van der Waals surface area (Å²) in [7, 11) is -8.39. The summed E-state index contributed by atoms with van der Waals surface area (Å²) in [5.41, 5.74) is 7.56. The largest absolute Gasteiger partial charge is 0.370 e. The molecule has 9 nitrogen and oxygen atoms in total. The number of halogens is 1. The molecule has 4 N–H and O–H groups in total. The van der Waals surface area contributed by atoms with E-state index in [1.54, 1.807) is 41.3 Å². The summed E-state index contributed by atoms with van der Waals surface area (Å²) in [6, 6.07) is 26.7. The number of sulfonamides is 2. The van der Waals surface area contributed by atoms with E-state index in [1.165, 1.54) is 16.4 Å². The minimum atomic E-state index is -4.22. The molecule has 1 fully saturated rings. The van der Waals surface area contributed by atoms with Crippen LogP contribution in [0.25, 0.3) is 10.8 Å². The number of likely N-dealkylation sites (tertiary alicyclic amines) is 1. The van der Waals surface area contributed by atoms with Gasteiger partial charge in [-0.25, -0.2) is 16.8 Å². The predicted molar refractivity (Wildman–Crippen MR) is 187 cm³/mol. The number of guanidine groups is 1. The van der Waals surface area contributed by atoms with Crippen molar-refractivity contribution in [1.29, 1.82) is 5.41 Å². The minimum Gasteiger partial charge on any atom is -0.370 e. The third-order valence-corrected chi connectivity index (χ3v) is 12.4. The van der Waals surface area contributed by atoms with Gasteiger partial charge in [-0.15, -0.1) is 0 Å². The number of aryl methyl sites for hydroxylation is 1. The zero-order valence-electron chi connectivity index (χ0n) is 25.2. The van der Waals surface area contributed by atoms with Gasteiger partial charge in [-0.3, -0.25) is 5.41 Å². The Hall–Kier alpha value is -3.04. The first-order valence-electron chi connectivity index (χ1n) is 14.8. The first-order valence-corrected chi connectivity index (χ1v) is 18.8. The van der Waals surface area contributed by atoms with Gasteiger partial charge >= 0.3 is 0 Å². The highest BCUT2D eigenvalue weighted by atomic mass is 127. The normalized spacial score (nSPS) is 17.3. The number of hydrogen-bond donors (Lipinski definition) is 3. The average molecular weight is 760 g/mol. The van der Waals surface area contributed by atoms with Gasteiger partial charge in [-0.1, -0.05) is 67.1 Å². The fourth-order valence-electron chi connectivity index (χ4n) is 5.96. The van der Waals surface area contributed by atoms with Crippen LogP contribution in [0.1, 0.15) is 36.8 Å². The van der Waals surface area contributed by atoms with Gasteiger partial charge in [0.25, 0.3) is 0 Å². The number of benzene rings is 4. The third-order valence-electron chi connectivity index (χ3n) is 8.42. The van der Waals surface area contributed by atoms with Crippen LogP contribution >= 0.6 is 22.6 Å². The van der Waals surface area contributed by atoms with E-state index in [9.17, 15) is 16.8 Å². The molecule has 3 atom stereocenters. The molecule has 2 unspecified atom stereocenters. The van der Waals surface area contributed by atoms with E-state index in [1.807, 2.05) is 56.3 Å². The number of nitrogens with two attached hydrogens (primary N) is 1. The zero-order valence-corrected chi connectivity index (χ0v) is 29.0. The van der Waals surface area contributed by atoms with Gasteiger partial charge < -0.3 is 10.6 Å². The van der Waals surface area contributed by atoms with Crippen LogP contribution in [-0.4, -0.2) is 57.8 Å². The molecular weight excluding hydrogens is 721 g/mol. The van der Waals surface area contributed by atoms with E-state index in [0.29, 0.717) is 19.5 Å². The van der Waals surface area contributed by atoms with Crippen molar-refractivity contribution in [3.8, 4) is 0 Å². The molecule has 0 bridgehead atoms. The standard InChI is InChI=1S/C33H38IN5O4S2/c1-23-12-16-29(17-13-23)45(42,43)39(22-25-7-6-20-38(21-25)33(35)36)32(37-44(40,41)28-18-14-27(34)15-19-28)24(2)30-11-5-9-26-8-3-4-10-31(26)30/h3-5,8-19,24-25,32,37H,6-7,20-22H2,1-2H3,(H3,35,36)/t24?,25-,32?/m1/s1. The van der Waals surface area contributed by atoms with Crippen LogP contribution in [-0.2, 0) is 20.0 Å². The number of nitrogens with zero attached hydrogens (tertiary/aromatic N) is 2. The Kier molecular flexibility index (Phi) is 10.2. The molecule has 4 aromatic rings. The van der Waals surface area contributed by atoms with Crippen LogP contribution < -0.4 is 10.5 Å². The maximum Gasteiger partial charge on any atom is 0.244 e. The highest BCUT2D eigenvalue weighted by Crippen LogP contribution is 2.34. The highest BCUT2D eigenvalue weighted by molar-refractivity contribution is 14.1. The quantitative estimate of drug-likeness (QED) is 0.0852. The second-order valence-corrected chi connectivity index (χ2v) is 16.5. The van der Waals surface area contributed by atoms with Gasteiger partial charge in [0.1, 0.15) is 0 Å². The van der Waals surface area contributed by atoms with E-state index >= 15 is 0 Å². The van der Waals surface area contributed by atoms with Gasteiger partial charge in [0.05, 0.1) is 16.0 Å². The molecule has 0 aromatic heterocycles. The van der Waals surface area contributed by atoms with Gasteiger partial charge in [0.2, 0.25) is 20.0 Å². The third kappa shape index (κ3) is 7.51. The van der Waals surface area contributed by atoms with Crippen LogP contribution in [0.4, 0.5) is 0 Å². The molecule has 1 aliphatic rings. The fraction of sp³-hybridized carbons (Fsp3) is 0.303. The molecule has 1 aliphatic heterocycles. The Morgan fingerprint density at radius 3 is 2.31 bits per heavy atom. The topological polar surface area (TPSA) is 137 Å². The van der Waals surface area contributed by atoms with Crippen LogP contribution in [0.15, 0.2) is 101 Å². The lowest BCUT2D eigenvalue weighted by Gasteiger charge is -2.40. The summed E-state index contributed by atoms with van der Waals surface area (Å²) >= 11 is 2.11. The number of piperidine rings is 1. The molecule has 238 valence electrons. The molecule has 5 rings (SSSR count). The predicted octanol–water partition coefficient (Wildman–Crippen LogP) is 5.46. The van der Waals surface area contributed by atoms with E-state index in [2.05, 4.69) is 27.3 Å². The number of hydrogen-bond acceptors (Lipinski definition) is 5. The van der Waals surface area contributed by atoms with Gasteiger partial charge in [-0.05, 0) is 101 Å². The molecule has 0 spiro atoms. The minimum absolute atomic E-state index is 0.0367. The Morgan fingerprint density at radius 2 is 1.62 bits per heavy atom. The molecular formula is C33H38IN5O4S2. The van der Waals surface area contributed by atoms with E-state index in [4.69, 9.17) is 11.1 Å². The lowest BCUT2D eigenvalue weighted by molar-refractivity contribution is 0.184. The molecule has 0 aliphatic carbocycles. The summed E-state index contributed by atoms with van der Waals surface area (Å²) in [6.07, 6.45) is 0.267. The smallest absolute Gasteiger partial charge is 0.244 e.